The van der Waals surface area contributed by atoms with Crippen molar-refractivity contribution in [2.75, 3.05) is 31.1 Å². The van der Waals surface area contributed by atoms with Crippen molar-refractivity contribution in [1.29, 1.82) is 0 Å². The highest BCUT2D eigenvalue weighted by molar-refractivity contribution is 5.99. The number of amides is 1. The number of anilines is 1. The van der Waals surface area contributed by atoms with E-state index >= 15 is 0 Å². The molecule has 2 unspecified atom stereocenters. The number of benzene rings is 2. The zero-order chi connectivity index (χ0) is 22.4. The fourth-order valence-electron chi connectivity index (χ4n) is 5.32. The summed E-state index contributed by atoms with van der Waals surface area (Å²) in [6.07, 6.45) is 6.30. The maximum atomic E-state index is 13.7. The van der Waals surface area contributed by atoms with Gasteiger partial charge in [0.15, 0.2) is 0 Å². The van der Waals surface area contributed by atoms with Crippen LogP contribution in [-0.4, -0.2) is 61.9 Å². The molecule has 2 aromatic heterocycles. The van der Waals surface area contributed by atoms with Crippen molar-refractivity contribution in [2.45, 2.75) is 13.3 Å². The summed E-state index contributed by atoms with van der Waals surface area (Å²) in [5, 5.41) is 9.56. The molecule has 2 aliphatic rings. The van der Waals surface area contributed by atoms with Gasteiger partial charge in [0, 0.05) is 37.8 Å². The predicted octanol–water partition coefficient (Wildman–Crippen LogP) is 3.12. The van der Waals surface area contributed by atoms with Crippen LogP contribution < -0.4 is 4.90 Å². The molecule has 2 aliphatic heterocycles. The second kappa shape index (κ2) is 7.95. The third-order valence-corrected chi connectivity index (χ3v) is 6.73. The molecular weight excluding hydrogens is 414 g/mol. The number of hydrogen-bond acceptors (Lipinski definition) is 6. The van der Waals surface area contributed by atoms with Crippen molar-refractivity contribution in [2.24, 2.45) is 11.8 Å². The third-order valence-electron chi connectivity index (χ3n) is 6.73. The maximum Gasteiger partial charge on any atom is 0.256 e. The van der Waals surface area contributed by atoms with Gasteiger partial charge in [-0.3, -0.25) is 4.79 Å². The summed E-state index contributed by atoms with van der Waals surface area (Å²) in [6, 6.07) is 13.9. The number of rotatable bonds is 3. The monoisotopic (exact) mass is 439 g/mol. The van der Waals surface area contributed by atoms with E-state index in [4.69, 9.17) is 4.98 Å². The summed E-state index contributed by atoms with van der Waals surface area (Å²) >= 11 is 0. The fourth-order valence-corrected chi connectivity index (χ4v) is 5.32. The molecule has 0 spiro atoms. The Balaban J connectivity index is 1.24. The van der Waals surface area contributed by atoms with Crippen molar-refractivity contribution >= 4 is 22.8 Å². The Hall–Kier alpha value is -3.81. The highest BCUT2D eigenvalue weighted by atomic mass is 16.2. The molecule has 0 radical (unpaired) electrons. The van der Waals surface area contributed by atoms with Crippen molar-refractivity contribution in [1.82, 2.24) is 29.9 Å². The first kappa shape index (κ1) is 19.8. The molecule has 2 bridgehead atoms. The Morgan fingerprint density at radius 2 is 1.70 bits per heavy atom. The molecule has 33 heavy (non-hydrogen) atoms. The van der Waals surface area contributed by atoms with Crippen molar-refractivity contribution in [3.8, 4) is 5.69 Å². The molecule has 1 amide bonds. The van der Waals surface area contributed by atoms with Gasteiger partial charge < -0.3 is 9.80 Å². The molecule has 8 nitrogen and oxygen atoms in total. The van der Waals surface area contributed by atoms with Crippen LogP contribution in [0.1, 0.15) is 22.3 Å². The molecule has 2 saturated heterocycles. The van der Waals surface area contributed by atoms with E-state index in [-0.39, 0.29) is 5.91 Å². The van der Waals surface area contributed by atoms with Crippen molar-refractivity contribution in [3.63, 3.8) is 0 Å². The Morgan fingerprint density at radius 3 is 2.48 bits per heavy atom. The Kier molecular flexibility index (Phi) is 4.78. The van der Waals surface area contributed by atoms with Crippen LogP contribution in [0.3, 0.4) is 0 Å². The van der Waals surface area contributed by atoms with Gasteiger partial charge in [0.1, 0.15) is 0 Å². The molecule has 166 valence electrons. The third kappa shape index (κ3) is 3.61. The van der Waals surface area contributed by atoms with E-state index in [2.05, 4.69) is 20.1 Å². The summed E-state index contributed by atoms with van der Waals surface area (Å²) in [7, 11) is 0. The van der Waals surface area contributed by atoms with Gasteiger partial charge in [0.25, 0.3) is 5.91 Å². The number of fused-ring (bicyclic) bond motifs is 3. The molecule has 0 N–H and O–H groups in total. The molecular formula is C25H25N7O. The Labute approximate surface area is 191 Å². The van der Waals surface area contributed by atoms with Crippen LogP contribution in [0, 0.1) is 18.8 Å². The van der Waals surface area contributed by atoms with Crippen molar-refractivity contribution in [3.05, 3.63) is 72.2 Å². The molecule has 4 aromatic rings. The van der Waals surface area contributed by atoms with E-state index in [0.29, 0.717) is 17.4 Å². The van der Waals surface area contributed by atoms with Crippen LogP contribution in [0.25, 0.3) is 16.6 Å². The Bertz CT molecular complexity index is 1310. The van der Waals surface area contributed by atoms with Gasteiger partial charge in [-0.25, -0.2) is 9.97 Å². The standard InChI is InChI=1S/C25H25N7O/c1-17-5-4-8-22(32-27-9-10-28-32)23(17)24(33)30-13-18-11-19(14-30)16-31(15-18)25-26-12-20-6-2-3-7-21(20)29-25/h2-10,12,18-19H,11,13-16H2,1H3. The molecule has 2 atom stereocenters. The van der Waals surface area contributed by atoms with Crippen LogP contribution in [-0.2, 0) is 0 Å². The second-order valence-corrected chi connectivity index (χ2v) is 9.10. The summed E-state index contributed by atoms with van der Waals surface area (Å²) in [4.78, 5) is 29.0. The highest BCUT2D eigenvalue weighted by Gasteiger charge is 2.37. The summed E-state index contributed by atoms with van der Waals surface area (Å²) in [5.41, 5.74) is 3.32. The zero-order valence-corrected chi connectivity index (χ0v) is 18.5. The van der Waals surface area contributed by atoms with Crippen LogP contribution in [0.2, 0.25) is 0 Å². The van der Waals surface area contributed by atoms with Crippen LogP contribution >= 0.6 is 0 Å². The van der Waals surface area contributed by atoms with Gasteiger partial charge in [0.2, 0.25) is 5.95 Å². The van der Waals surface area contributed by atoms with Crippen molar-refractivity contribution < 1.29 is 4.79 Å². The number of para-hydroxylation sites is 1. The minimum atomic E-state index is 0.0607. The largest absolute Gasteiger partial charge is 0.340 e. The smallest absolute Gasteiger partial charge is 0.256 e. The summed E-state index contributed by atoms with van der Waals surface area (Å²) in [5.74, 6) is 1.64. The molecule has 8 heteroatoms. The normalized spacial score (nSPS) is 20.3. The van der Waals surface area contributed by atoms with E-state index in [1.54, 1.807) is 12.4 Å². The number of aromatic nitrogens is 5. The fraction of sp³-hybridized carbons (Fsp3) is 0.320. The summed E-state index contributed by atoms with van der Waals surface area (Å²) < 4.78 is 0. The average Bonchev–Trinajstić information content (AvgIpc) is 3.37. The number of nitrogens with zero attached hydrogens (tertiary/aromatic N) is 7. The first-order chi connectivity index (χ1) is 16.2. The van der Waals surface area contributed by atoms with E-state index in [0.717, 1.165) is 60.7 Å². The first-order valence-electron chi connectivity index (χ1n) is 11.4. The zero-order valence-electron chi connectivity index (χ0n) is 18.5. The lowest BCUT2D eigenvalue weighted by atomic mass is 9.84. The van der Waals surface area contributed by atoms with Crippen LogP contribution in [0.5, 0.6) is 0 Å². The lowest BCUT2D eigenvalue weighted by Gasteiger charge is -2.46. The molecule has 4 heterocycles. The molecule has 0 aliphatic carbocycles. The highest BCUT2D eigenvalue weighted by Crippen LogP contribution is 2.32. The number of carbonyl (C=O) groups is 1. The van der Waals surface area contributed by atoms with Gasteiger partial charge in [0.05, 0.1) is 29.2 Å². The van der Waals surface area contributed by atoms with Crippen LogP contribution in [0.15, 0.2) is 61.1 Å². The second-order valence-electron chi connectivity index (χ2n) is 9.10. The molecule has 2 aromatic carbocycles. The number of hydrogen-bond donors (Lipinski definition) is 0. The Morgan fingerprint density at radius 1 is 0.939 bits per heavy atom. The minimum Gasteiger partial charge on any atom is -0.340 e. The van der Waals surface area contributed by atoms with E-state index < -0.39 is 0 Å². The molecule has 6 rings (SSSR count). The summed E-state index contributed by atoms with van der Waals surface area (Å²) in [6.45, 7) is 5.17. The van der Waals surface area contributed by atoms with Gasteiger partial charge in [-0.1, -0.05) is 30.3 Å². The SMILES string of the molecule is Cc1cccc(-n2nccn2)c1C(=O)N1CC2CC(C1)CN(c1ncc3ccccc3n1)C2. The van der Waals surface area contributed by atoms with E-state index in [9.17, 15) is 4.79 Å². The lowest BCUT2D eigenvalue weighted by molar-refractivity contribution is 0.0562. The van der Waals surface area contributed by atoms with Gasteiger partial charge in [-0.2, -0.15) is 15.0 Å². The predicted molar refractivity (Wildman–Crippen MR) is 125 cm³/mol. The molecule has 2 fully saturated rings. The first-order valence-corrected chi connectivity index (χ1v) is 11.4. The lowest BCUT2D eigenvalue weighted by Crippen LogP contribution is -2.54. The number of likely N-dealkylation sites (tertiary alicyclic amines) is 1. The molecule has 0 saturated carbocycles. The number of carbonyl (C=O) groups excluding carboxylic acids is 1. The topological polar surface area (TPSA) is 80.0 Å². The minimum absolute atomic E-state index is 0.0607. The maximum absolute atomic E-state index is 13.7. The van der Waals surface area contributed by atoms with Gasteiger partial charge in [-0.15, -0.1) is 0 Å². The number of aryl methyl sites for hydroxylation is 1. The van der Waals surface area contributed by atoms with E-state index in [1.807, 2.05) is 60.5 Å². The van der Waals surface area contributed by atoms with Gasteiger partial charge in [-0.05, 0) is 42.9 Å². The van der Waals surface area contributed by atoms with Crippen LogP contribution in [0.4, 0.5) is 5.95 Å². The van der Waals surface area contributed by atoms with Gasteiger partial charge >= 0.3 is 0 Å². The van der Waals surface area contributed by atoms with E-state index in [1.165, 1.54) is 4.80 Å². The average molecular weight is 440 g/mol. The quantitative estimate of drug-likeness (QED) is 0.488. The number of piperidine rings is 2.